The molecule has 1 saturated carbocycles. The molecule has 1 amide bonds. The summed E-state index contributed by atoms with van der Waals surface area (Å²) in [7, 11) is 0. The Bertz CT molecular complexity index is 366. The molecule has 0 radical (unpaired) electrons. The van der Waals surface area contributed by atoms with Gasteiger partial charge in [0.1, 0.15) is 0 Å². The zero-order valence-corrected chi connectivity index (χ0v) is 10.3. The van der Waals surface area contributed by atoms with Gasteiger partial charge in [-0.3, -0.25) is 4.79 Å². The molecule has 0 spiro atoms. The van der Waals surface area contributed by atoms with Crippen LogP contribution in [0.2, 0.25) is 0 Å². The highest BCUT2D eigenvalue weighted by Crippen LogP contribution is 2.41. The highest BCUT2D eigenvalue weighted by atomic mass is 16.1. The molecule has 0 bridgehead atoms. The lowest BCUT2D eigenvalue weighted by atomic mass is 9.80. The summed E-state index contributed by atoms with van der Waals surface area (Å²) < 4.78 is 0. The predicted octanol–water partition coefficient (Wildman–Crippen LogP) is 3.06. The van der Waals surface area contributed by atoms with Gasteiger partial charge in [-0.2, -0.15) is 0 Å². The van der Waals surface area contributed by atoms with Crippen LogP contribution in [0.5, 0.6) is 0 Å². The molecule has 92 valence electrons. The number of hydrogen-bond acceptors (Lipinski definition) is 1. The first-order valence-corrected chi connectivity index (χ1v) is 6.57. The molecule has 2 heteroatoms. The second kappa shape index (κ2) is 5.35. The van der Waals surface area contributed by atoms with Crippen LogP contribution in [0, 0.1) is 5.41 Å². The Labute approximate surface area is 103 Å². The molecule has 1 aromatic rings. The van der Waals surface area contributed by atoms with Crippen molar-refractivity contribution < 1.29 is 4.79 Å². The van der Waals surface area contributed by atoms with Gasteiger partial charge in [0.2, 0.25) is 5.91 Å². The van der Waals surface area contributed by atoms with Crippen molar-refractivity contribution in [3.05, 3.63) is 35.9 Å². The van der Waals surface area contributed by atoms with Crippen LogP contribution in [0.25, 0.3) is 0 Å². The molecule has 17 heavy (non-hydrogen) atoms. The third-order valence-electron chi connectivity index (χ3n) is 4.05. The van der Waals surface area contributed by atoms with E-state index < -0.39 is 0 Å². The summed E-state index contributed by atoms with van der Waals surface area (Å²) in [5.74, 6) is -0.0805. The summed E-state index contributed by atoms with van der Waals surface area (Å²) in [4.78, 5) is 11.6. The number of aryl methyl sites for hydroxylation is 1. The van der Waals surface area contributed by atoms with E-state index in [1.807, 2.05) is 6.07 Å². The molecule has 0 heterocycles. The van der Waals surface area contributed by atoms with E-state index in [0.29, 0.717) is 0 Å². The first-order valence-electron chi connectivity index (χ1n) is 6.57. The van der Waals surface area contributed by atoms with Gasteiger partial charge in [0.05, 0.1) is 0 Å². The summed E-state index contributed by atoms with van der Waals surface area (Å²) in [6.45, 7) is 0. The van der Waals surface area contributed by atoms with Crippen molar-refractivity contribution in [1.29, 1.82) is 0 Å². The molecule has 1 aliphatic rings. The second-order valence-electron chi connectivity index (χ2n) is 5.19. The van der Waals surface area contributed by atoms with Crippen molar-refractivity contribution in [3.63, 3.8) is 0 Å². The maximum Gasteiger partial charge on any atom is 0.223 e. The quantitative estimate of drug-likeness (QED) is 0.831. The van der Waals surface area contributed by atoms with E-state index >= 15 is 0 Å². The summed E-state index contributed by atoms with van der Waals surface area (Å²) in [5, 5.41) is 0. The summed E-state index contributed by atoms with van der Waals surface area (Å²) >= 11 is 0. The minimum absolute atomic E-state index is 0.0805. The van der Waals surface area contributed by atoms with E-state index in [2.05, 4.69) is 24.3 Å². The first kappa shape index (κ1) is 12.2. The summed E-state index contributed by atoms with van der Waals surface area (Å²) in [6, 6.07) is 10.5. The lowest BCUT2D eigenvalue weighted by Crippen LogP contribution is -2.34. The second-order valence-corrected chi connectivity index (χ2v) is 5.19. The molecule has 0 atom stereocenters. The Morgan fingerprint density at radius 2 is 1.82 bits per heavy atom. The molecule has 0 saturated heterocycles. The van der Waals surface area contributed by atoms with Crippen molar-refractivity contribution in [3.8, 4) is 0 Å². The van der Waals surface area contributed by atoms with Gasteiger partial charge in [-0.15, -0.1) is 0 Å². The number of carbonyl (C=O) groups excluding carboxylic acids is 1. The van der Waals surface area contributed by atoms with E-state index in [-0.39, 0.29) is 11.3 Å². The van der Waals surface area contributed by atoms with E-state index in [0.717, 1.165) is 44.9 Å². The van der Waals surface area contributed by atoms with Crippen molar-refractivity contribution in [2.45, 2.75) is 44.9 Å². The van der Waals surface area contributed by atoms with Crippen LogP contribution >= 0.6 is 0 Å². The van der Waals surface area contributed by atoms with Gasteiger partial charge in [-0.1, -0.05) is 43.2 Å². The fraction of sp³-hybridized carbons (Fsp3) is 0.533. The fourth-order valence-corrected chi connectivity index (χ4v) is 2.95. The Morgan fingerprint density at radius 3 is 2.41 bits per heavy atom. The number of rotatable bonds is 5. The Hall–Kier alpha value is -1.31. The van der Waals surface area contributed by atoms with Crippen molar-refractivity contribution in [1.82, 2.24) is 0 Å². The number of nitrogens with two attached hydrogens (primary N) is 1. The normalized spacial score (nSPS) is 18.1. The van der Waals surface area contributed by atoms with Crippen LogP contribution in [-0.2, 0) is 11.2 Å². The number of carbonyl (C=O) groups is 1. The van der Waals surface area contributed by atoms with Gasteiger partial charge in [0, 0.05) is 5.41 Å². The van der Waals surface area contributed by atoms with E-state index in [1.54, 1.807) is 0 Å². The number of amides is 1. The van der Waals surface area contributed by atoms with E-state index in [4.69, 9.17) is 5.73 Å². The number of primary amides is 1. The molecule has 2 rings (SSSR count). The lowest BCUT2D eigenvalue weighted by Gasteiger charge is -2.24. The van der Waals surface area contributed by atoms with Crippen LogP contribution in [0.1, 0.15) is 44.1 Å². The smallest absolute Gasteiger partial charge is 0.223 e. The molecule has 1 aliphatic carbocycles. The molecule has 0 aliphatic heterocycles. The van der Waals surface area contributed by atoms with Gasteiger partial charge in [-0.25, -0.2) is 0 Å². The van der Waals surface area contributed by atoms with Crippen LogP contribution in [0.15, 0.2) is 30.3 Å². The molecular weight excluding hydrogens is 210 g/mol. The average molecular weight is 231 g/mol. The number of benzene rings is 1. The van der Waals surface area contributed by atoms with Gasteiger partial charge in [0.25, 0.3) is 0 Å². The molecule has 1 aromatic carbocycles. The summed E-state index contributed by atoms with van der Waals surface area (Å²) in [5.41, 5.74) is 6.74. The number of hydrogen-bond donors (Lipinski definition) is 1. The van der Waals surface area contributed by atoms with Crippen LogP contribution < -0.4 is 5.73 Å². The molecule has 0 unspecified atom stereocenters. The average Bonchev–Trinajstić information content (AvgIpc) is 2.80. The van der Waals surface area contributed by atoms with Gasteiger partial charge < -0.3 is 5.73 Å². The minimum Gasteiger partial charge on any atom is -0.369 e. The minimum atomic E-state index is -0.186. The topological polar surface area (TPSA) is 43.1 Å². The van der Waals surface area contributed by atoms with Gasteiger partial charge in [0.15, 0.2) is 0 Å². The SMILES string of the molecule is NC(=O)C1(CCCc2ccccc2)CCCC1. The highest BCUT2D eigenvalue weighted by Gasteiger charge is 2.38. The third kappa shape index (κ3) is 2.87. The van der Waals surface area contributed by atoms with Crippen molar-refractivity contribution >= 4 is 5.91 Å². The van der Waals surface area contributed by atoms with Crippen LogP contribution in [0.3, 0.4) is 0 Å². The predicted molar refractivity (Wildman–Crippen MR) is 69.5 cm³/mol. The third-order valence-corrected chi connectivity index (χ3v) is 4.05. The van der Waals surface area contributed by atoms with E-state index in [1.165, 1.54) is 5.56 Å². The Kier molecular flexibility index (Phi) is 3.82. The van der Waals surface area contributed by atoms with Crippen LogP contribution in [-0.4, -0.2) is 5.91 Å². The molecule has 2 nitrogen and oxygen atoms in total. The Morgan fingerprint density at radius 1 is 1.18 bits per heavy atom. The zero-order valence-electron chi connectivity index (χ0n) is 10.3. The van der Waals surface area contributed by atoms with Crippen LogP contribution in [0.4, 0.5) is 0 Å². The van der Waals surface area contributed by atoms with Crippen molar-refractivity contribution in [2.24, 2.45) is 11.1 Å². The standard InChI is InChI=1S/C15H21NO/c16-14(17)15(10-4-5-11-15)12-6-9-13-7-2-1-3-8-13/h1-3,7-8H,4-6,9-12H2,(H2,16,17). The van der Waals surface area contributed by atoms with Crippen molar-refractivity contribution in [2.75, 3.05) is 0 Å². The lowest BCUT2D eigenvalue weighted by molar-refractivity contribution is -0.127. The Balaban J connectivity index is 1.87. The summed E-state index contributed by atoms with van der Waals surface area (Å²) in [6.07, 6.45) is 7.39. The first-order chi connectivity index (χ1) is 8.23. The van der Waals surface area contributed by atoms with E-state index in [9.17, 15) is 4.79 Å². The van der Waals surface area contributed by atoms with Gasteiger partial charge >= 0.3 is 0 Å². The molecule has 0 aromatic heterocycles. The highest BCUT2D eigenvalue weighted by molar-refractivity contribution is 5.81. The molecular formula is C15H21NO. The van der Waals surface area contributed by atoms with Gasteiger partial charge in [-0.05, 0) is 37.7 Å². The maximum atomic E-state index is 11.6. The molecule has 2 N–H and O–H groups in total. The fourth-order valence-electron chi connectivity index (χ4n) is 2.95. The zero-order chi connectivity index (χ0) is 12.1. The largest absolute Gasteiger partial charge is 0.369 e. The maximum absolute atomic E-state index is 11.6. The monoisotopic (exact) mass is 231 g/mol. The molecule has 1 fully saturated rings.